The average molecular weight is 924 g/mol. The first-order valence-corrected chi connectivity index (χ1v) is 28.8. The molecule has 0 heterocycles. The number of nitrogens with zero attached hydrogens (tertiary/aromatic N) is 1. The van der Waals surface area contributed by atoms with E-state index in [-0.39, 0.29) is 19.1 Å². The van der Waals surface area contributed by atoms with Crippen molar-refractivity contribution in [2.75, 3.05) is 40.9 Å². The first-order chi connectivity index (χ1) is 31.0. The van der Waals surface area contributed by atoms with Gasteiger partial charge in [0, 0.05) is 6.42 Å². The summed E-state index contributed by atoms with van der Waals surface area (Å²) in [5, 5.41) is 14.0. The fourth-order valence-corrected chi connectivity index (χ4v) is 8.79. The zero-order valence-corrected chi connectivity index (χ0v) is 43.9. The molecule has 0 saturated carbocycles. The van der Waals surface area contributed by atoms with Crippen molar-refractivity contribution in [2.45, 2.75) is 270 Å². The number of allylic oxidation sites excluding steroid dienone is 6. The number of quaternary nitrogens is 1. The van der Waals surface area contributed by atoms with Crippen LogP contribution in [0.4, 0.5) is 0 Å². The fraction of sp³-hybridized carbons (Fsp3) is 0.873. The molecule has 0 spiro atoms. The predicted molar refractivity (Wildman–Crippen MR) is 277 cm³/mol. The van der Waals surface area contributed by atoms with E-state index in [0.29, 0.717) is 23.9 Å². The molecule has 3 atom stereocenters. The summed E-state index contributed by atoms with van der Waals surface area (Å²) in [7, 11) is 1.62. The zero-order valence-electron chi connectivity index (χ0n) is 43.0. The summed E-state index contributed by atoms with van der Waals surface area (Å²) in [6.45, 7) is 4.89. The minimum atomic E-state index is -4.32. The molecule has 0 saturated heterocycles. The van der Waals surface area contributed by atoms with Crippen LogP contribution in [0.15, 0.2) is 36.5 Å². The van der Waals surface area contributed by atoms with Crippen LogP contribution in [0.5, 0.6) is 0 Å². The molecule has 0 aliphatic carbocycles. The summed E-state index contributed by atoms with van der Waals surface area (Å²) in [5.74, 6) is -0.144. The highest BCUT2D eigenvalue weighted by molar-refractivity contribution is 7.47. The van der Waals surface area contributed by atoms with Crippen LogP contribution in [0.1, 0.15) is 258 Å². The van der Waals surface area contributed by atoms with Crippen LogP contribution in [-0.4, -0.2) is 73.4 Å². The molecule has 0 radical (unpaired) electrons. The van der Waals surface area contributed by atoms with E-state index in [2.05, 4.69) is 55.6 Å². The van der Waals surface area contributed by atoms with Crippen molar-refractivity contribution >= 4 is 13.7 Å². The third kappa shape index (κ3) is 48.6. The molecule has 0 aliphatic heterocycles. The van der Waals surface area contributed by atoms with Gasteiger partial charge < -0.3 is 19.8 Å². The molecule has 0 aromatic heterocycles. The number of hydrogen-bond acceptors (Lipinski definition) is 5. The van der Waals surface area contributed by atoms with Gasteiger partial charge in [0.1, 0.15) is 13.2 Å². The van der Waals surface area contributed by atoms with Gasteiger partial charge in [-0.2, -0.15) is 0 Å². The number of amides is 1. The molecule has 0 rings (SSSR count). The zero-order chi connectivity index (χ0) is 47.1. The fourth-order valence-electron chi connectivity index (χ4n) is 8.05. The second-order valence-corrected chi connectivity index (χ2v) is 21.4. The summed E-state index contributed by atoms with van der Waals surface area (Å²) in [5.41, 5.74) is 0. The average Bonchev–Trinajstić information content (AvgIpc) is 3.25. The Hall–Kier alpha value is -1.28. The molecule has 9 heteroatoms. The molecule has 0 aromatic rings. The maximum absolute atomic E-state index is 13.0. The number of phosphoric acid groups is 1. The molecular formula is C55H108N2O6P+. The van der Waals surface area contributed by atoms with Crippen molar-refractivity contribution in [1.29, 1.82) is 0 Å². The van der Waals surface area contributed by atoms with Crippen molar-refractivity contribution in [3.8, 4) is 0 Å². The summed E-state index contributed by atoms with van der Waals surface area (Å²) in [6, 6.07) is -0.759. The highest BCUT2D eigenvalue weighted by Gasteiger charge is 2.28. The molecular weight excluding hydrogens is 816 g/mol. The molecule has 3 N–H and O–H groups in total. The minimum Gasteiger partial charge on any atom is -0.391 e. The molecule has 0 bridgehead atoms. The number of phosphoric ester groups is 1. The van der Waals surface area contributed by atoms with E-state index in [1.54, 1.807) is 0 Å². The standard InChI is InChI=1S/C55H107N2O6P/c1-6-8-10-12-14-16-18-20-21-22-23-24-25-26-27-28-29-30-31-32-33-34-35-37-39-41-43-45-47-49-55(59)56-53(52-63-64(60,61)62-51-50-57(3,4)5)54(58)48-46-44-42-40-38-36-19-17-15-13-11-9-7-2/h18,20,22-23,25-26,53-54,58H,6-17,19,21,24,27-52H2,1-5H3,(H-,56,59,60,61)/p+1/b20-18-,23-22-,26-25-. The van der Waals surface area contributed by atoms with Crippen molar-refractivity contribution in [3.05, 3.63) is 36.5 Å². The number of hydrogen-bond donors (Lipinski definition) is 3. The summed E-state index contributed by atoms with van der Waals surface area (Å²) in [6.07, 6.45) is 59.1. The van der Waals surface area contributed by atoms with E-state index in [4.69, 9.17) is 9.05 Å². The van der Waals surface area contributed by atoms with E-state index in [9.17, 15) is 19.4 Å². The summed E-state index contributed by atoms with van der Waals surface area (Å²) in [4.78, 5) is 23.3. The number of carbonyl (C=O) groups is 1. The molecule has 64 heavy (non-hydrogen) atoms. The van der Waals surface area contributed by atoms with Crippen LogP contribution in [0.25, 0.3) is 0 Å². The Morgan fingerprint density at radius 3 is 1.30 bits per heavy atom. The summed E-state index contributed by atoms with van der Waals surface area (Å²) < 4.78 is 23.7. The van der Waals surface area contributed by atoms with E-state index >= 15 is 0 Å². The first kappa shape index (κ1) is 62.7. The van der Waals surface area contributed by atoms with Gasteiger partial charge in [0.25, 0.3) is 0 Å². The lowest BCUT2D eigenvalue weighted by Crippen LogP contribution is -2.46. The van der Waals surface area contributed by atoms with Crippen LogP contribution in [0.3, 0.4) is 0 Å². The topological polar surface area (TPSA) is 105 Å². The molecule has 0 aliphatic rings. The van der Waals surface area contributed by atoms with Crippen LogP contribution < -0.4 is 5.32 Å². The van der Waals surface area contributed by atoms with Crippen molar-refractivity contribution in [3.63, 3.8) is 0 Å². The highest BCUT2D eigenvalue weighted by atomic mass is 31.2. The van der Waals surface area contributed by atoms with Gasteiger partial charge in [-0.3, -0.25) is 13.8 Å². The van der Waals surface area contributed by atoms with Gasteiger partial charge in [0.15, 0.2) is 0 Å². The Bertz CT molecular complexity index is 1140. The number of carbonyl (C=O) groups excluding carboxylic acids is 1. The maximum atomic E-state index is 13.0. The lowest BCUT2D eigenvalue weighted by molar-refractivity contribution is -0.870. The van der Waals surface area contributed by atoms with E-state index in [0.717, 1.165) is 51.4 Å². The quantitative estimate of drug-likeness (QED) is 0.0243. The molecule has 378 valence electrons. The third-order valence-electron chi connectivity index (χ3n) is 12.4. The van der Waals surface area contributed by atoms with E-state index in [1.807, 2.05) is 21.1 Å². The molecule has 8 nitrogen and oxygen atoms in total. The Labute approximate surface area is 397 Å². The van der Waals surface area contributed by atoms with Gasteiger partial charge in [0.05, 0.1) is 39.9 Å². The first-order valence-electron chi connectivity index (χ1n) is 27.4. The highest BCUT2D eigenvalue weighted by Crippen LogP contribution is 2.43. The Kier molecular flexibility index (Phi) is 45.9. The summed E-state index contributed by atoms with van der Waals surface area (Å²) >= 11 is 0. The number of unbranched alkanes of at least 4 members (excludes halogenated alkanes) is 31. The van der Waals surface area contributed by atoms with Crippen LogP contribution in [0, 0.1) is 0 Å². The second-order valence-electron chi connectivity index (χ2n) is 20.0. The van der Waals surface area contributed by atoms with Gasteiger partial charge in [-0.25, -0.2) is 4.57 Å². The Morgan fingerprint density at radius 1 is 0.531 bits per heavy atom. The van der Waals surface area contributed by atoms with Crippen LogP contribution in [0.2, 0.25) is 0 Å². The smallest absolute Gasteiger partial charge is 0.391 e. The number of aliphatic hydroxyl groups excluding tert-OH is 1. The minimum absolute atomic E-state index is 0.0751. The van der Waals surface area contributed by atoms with E-state index < -0.39 is 20.0 Å². The Morgan fingerprint density at radius 2 is 0.891 bits per heavy atom. The molecule has 3 unspecified atom stereocenters. The number of rotatable bonds is 50. The van der Waals surface area contributed by atoms with Gasteiger partial charge in [-0.1, -0.05) is 237 Å². The molecule has 0 aromatic carbocycles. The number of aliphatic hydroxyl groups is 1. The van der Waals surface area contributed by atoms with Crippen molar-refractivity contribution < 1.29 is 32.9 Å². The second kappa shape index (κ2) is 46.8. The SMILES string of the molecule is CCCCCCC/C=C\C/C=C\C/C=C\CCCCCCCCCCCCCCCCC(=O)NC(COP(=O)(O)OCC[N+](C)(C)C)C(O)CCCCCCCCCCCCCCC. The van der Waals surface area contributed by atoms with Crippen LogP contribution >= 0.6 is 7.82 Å². The molecule has 1 amide bonds. The van der Waals surface area contributed by atoms with Gasteiger partial charge in [-0.15, -0.1) is 0 Å². The van der Waals surface area contributed by atoms with Gasteiger partial charge >= 0.3 is 7.82 Å². The third-order valence-corrected chi connectivity index (χ3v) is 13.4. The van der Waals surface area contributed by atoms with Gasteiger partial charge in [0.2, 0.25) is 5.91 Å². The Balaban J connectivity index is 4.08. The lowest BCUT2D eigenvalue weighted by atomic mass is 10.0. The van der Waals surface area contributed by atoms with E-state index in [1.165, 1.54) is 180 Å². The maximum Gasteiger partial charge on any atom is 0.472 e. The van der Waals surface area contributed by atoms with Gasteiger partial charge in [-0.05, 0) is 51.4 Å². The predicted octanol–water partition coefficient (Wildman–Crippen LogP) is 16.2. The normalized spacial score (nSPS) is 14.3. The number of likely N-dealkylation sites (N-methyl/N-ethyl adjacent to an activating group) is 1. The van der Waals surface area contributed by atoms with Crippen molar-refractivity contribution in [1.82, 2.24) is 5.32 Å². The molecule has 0 fully saturated rings. The van der Waals surface area contributed by atoms with Crippen molar-refractivity contribution in [2.24, 2.45) is 0 Å². The number of nitrogens with one attached hydrogen (secondary N) is 1. The lowest BCUT2D eigenvalue weighted by Gasteiger charge is -2.26. The monoisotopic (exact) mass is 924 g/mol. The van der Waals surface area contributed by atoms with Crippen LogP contribution in [-0.2, 0) is 18.4 Å². The largest absolute Gasteiger partial charge is 0.472 e.